The lowest BCUT2D eigenvalue weighted by Crippen LogP contribution is -2.29. The highest BCUT2D eigenvalue weighted by molar-refractivity contribution is 7.89. The van der Waals surface area contributed by atoms with Crippen molar-refractivity contribution in [1.29, 1.82) is 0 Å². The van der Waals surface area contributed by atoms with Gasteiger partial charge in [0.15, 0.2) is 0 Å². The quantitative estimate of drug-likeness (QED) is 0.673. The van der Waals surface area contributed by atoms with Gasteiger partial charge in [-0.05, 0) is 52.0 Å². The number of aryl methyl sites for hydroxylation is 3. The van der Waals surface area contributed by atoms with Gasteiger partial charge in [0.05, 0.1) is 22.6 Å². The van der Waals surface area contributed by atoms with E-state index in [9.17, 15) is 21.6 Å². The molecule has 0 aliphatic heterocycles. The number of furan rings is 1. The van der Waals surface area contributed by atoms with Crippen molar-refractivity contribution in [1.82, 2.24) is 14.3 Å². The summed E-state index contributed by atoms with van der Waals surface area (Å²) < 4.78 is 73.9. The molecule has 2 aromatic heterocycles. The Hall–Kier alpha value is -2.33. The minimum atomic E-state index is -4.47. The molecule has 1 aromatic carbocycles. The van der Waals surface area contributed by atoms with Crippen LogP contribution in [-0.2, 0) is 22.7 Å². The Morgan fingerprint density at radius 2 is 1.93 bits per heavy atom. The predicted octanol–water partition coefficient (Wildman–Crippen LogP) is 4.32. The second-order valence-corrected chi connectivity index (χ2v) is 8.22. The van der Waals surface area contributed by atoms with Crippen molar-refractivity contribution >= 4 is 21.1 Å². The summed E-state index contributed by atoms with van der Waals surface area (Å²) in [6.45, 7) is 6.88. The van der Waals surface area contributed by atoms with Crippen molar-refractivity contribution in [3.8, 4) is 0 Å². The molecule has 0 saturated heterocycles. The second kappa shape index (κ2) is 6.93. The summed E-state index contributed by atoms with van der Waals surface area (Å²) in [5, 5.41) is 0. The SMILES string of the molecule is CCn1c(C(C)NS(=O)(=O)c2cc(C)oc2C)nc2ccc(C(F)(F)F)cc21. The molecule has 0 aliphatic rings. The van der Waals surface area contributed by atoms with E-state index in [-0.39, 0.29) is 10.7 Å². The van der Waals surface area contributed by atoms with Gasteiger partial charge < -0.3 is 8.98 Å². The molecule has 1 N–H and O–H groups in total. The number of nitrogens with one attached hydrogen (secondary N) is 1. The lowest BCUT2D eigenvalue weighted by molar-refractivity contribution is -0.137. The van der Waals surface area contributed by atoms with E-state index >= 15 is 0 Å². The zero-order chi connectivity index (χ0) is 20.9. The van der Waals surface area contributed by atoms with Gasteiger partial charge in [0, 0.05) is 6.54 Å². The first-order chi connectivity index (χ1) is 12.9. The van der Waals surface area contributed by atoms with E-state index in [1.165, 1.54) is 12.1 Å². The van der Waals surface area contributed by atoms with Gasteiger partial charge in [0.25, 0.3) is 0 Å². The van der Waals surface area contributed by atoms with Crippen LogP contribution in [0.15, 0.2) is 33.6 Å². The molecule has 0 bridgehead atoms. The number of benzene rings is 1. The topological polar surface area (TPSA) is 77.1 Å². The summed E-state index contributed by atoms with van der Waals surface area (Å²) in [6.07, 6.45) is -4.47. The number of imidazole rings is 1. The maximum Gasteiger partial charge on any atom is 0.416 e. The minimum absolute atomic E-state index is 0.0235. The molecule has 6 nitrogen and oxygen atoms in total. The number of fused-ring (bicyclic) bond motifs is 1. The molecule has 0 saturated carbocycles. The lowest BCUT2D eigenvalue weighted by atomic mass is 10.2. The Balaban J connectivity index is 2.02. The van der Waals surface area contributed by atoms with Crippen molar-refractivity contribution in [2.45, 2.75) is 51.4 Å². The van der Waals surface area contributed by atoms with Crippen LogP contribution in [0, 0.1) is 13.8 Å². The largest absolute Gasteiger partial charge is 0.465 e. The number of hydrogen-bond donors (Lipinski definition) is 1. The van der Waals surface area contributed by atoms with Crippen LogP contribution in [0.3, 0.4) is 0 Å². The van der Waals surface area contributed by atoms with Crippen LogP contribution in [0.1, 0.15) is 42.8 Å². The molecule has 0 fully saturated rings. The third kappa shape index (κ3) is 3.66. The molecule has 0 aliphatic carbocycles. The molecule has 0 radical (unpaired) electrons. The summed E-state index contributed by atoms with van der Waals surface area (Å²) in [4.78, 5) is 4.38. The lowest BCUT2D eigenvalue weighted by Gasteiger charge is -2.15. The molecule has 10 heteroatoms. The van der Waals surface area contributed by atoms with Gasteiger partial charge in [-0.3, -0.25) is 0 Å². The molecular formula is C18H20F3N3O3S. The van der Waals surface area contributed by atoms with E-state index in [1.807, 2.05) is 0 Å². The van der Waals surface area contributed by atoms with Gasteiger partial charge in [-0.2, -0.15) is 13.2 Å². The summed E-state index contributed by atoms with van der Waals surface area (Å²) >= 11 is 0. The number of aromatic nitrogens is 2. The number of halogens is 3. The molecular weight excluding hydrogens is 395 g/mol. The molecule has 28 heavy (non-hydrogen) atoms. The zero-order valence-corrected chi connectivity index (χ0v) is 16.6. The van der Waals surface area contributed by atoms with E-state index in [0.717, 1.165) is 12.1 Å². The molecule has 0 spiro atoms. The highest BCUT2D eigenvalue weighted by Gasteiger charge is 2.32. The molecule has 1 unspecified atom stereocenters. The number of sulfonamides is 1. The van der Waals surface area contributed by atoms with Crippen molar-refractivity contribution in [2.24, 2.45) is 0 Å². The third-order valence-electron chi connectivity index (χ3n) is 4.43. The van der Waals surface area contributed by atoms with Crippen LogP contribution in [0.5, 0.6) is 0 Å². The first-order valence-electron chi connectivity index (χ1n) is 8.60. The van der Waals surface area contributed by atoms with E-state index in [4.69, 9.17) is 4.42 Å². The molecule has 2 heterocycles. The van der Waals surface area contributed by atoms with Crippen LogP contribution >= 0.6 is 0 Å². The number of nitrogens with zero attached hydrogens (tertiary/aromatic N) is 2. The first kappa shape index (κ1) is 20.4. The van der Waals surface area contributed by atoms with Crippen molar-refractivity contribution in [3.63, 3.8) is 0 Å². The highest BCUT2D eigenvalue weighted by Crippen LogP contribution is 2.32. The van der Waals surface area contributed by atoms with Gasteiger partial charge in [-0.25, -0.2) is 18.1 Å². The number of hydrogen-bond acceptors (Lipinski definition) is 4. The maximum absolute atomic E-state index is 13.0. The molecule has 0 amide bonds. The molecule has 1 atom stereocenters. The van der Waals surface area contributed by atoms with Crippen molar-refractivity contribution in [2.75, 3.05) is 0 Å². The maximum atomic E-state index is 13.0. The Labute approximate surface area is 160 Å². The van der Waals surface area contributed by atoms with Crippen molar-refractivity contribution in [3.05, 3.63) is 47.2 Å². The summed E-state index contributed by atoms with van der Waals surface area (Å²) in [6, 6.07) is 3.94. The van der Waals surface area contributed by atoms with Gasteiger partial charge in [0.1, 0.15) is 22.2 Å². The van der Waals surface area contributed by atoms with Crippen LogP contribution < -0.4 is 4.72 Å². The summed E-state index contributed by atoms with van der Waals surface area (Å²) in [5.41, 5.74) is -0.112. The monoisotopic (exact) mass is 415 g/mol. The van der Waals surface area contributed by atoms with Gasteiger partial charge in [-0.15, -0.1) is 0 Å². The van der Waals surface area contributed by atoms with E-state index < -0.39 is 27.8 Å². The number of alkyl halides is 3. The third-order valence-corrected chi connectivity index (χ3v) is 6.07. The van der Waals surface area contributed by atoms with Gasteiger partial charge in [0.2, 0.25) is 10.0 Å². The fraction of sp³-hybridized carbons (Fsp3) is 0.389. The fourth-order valence-corrected chi connectivity index (χ4v) is 4.64. The first-order valence-corrected chi connectivity index (χ1v) is 10.1. The Kier molecular flexibility index (Phi) is 5.05. The Bertz CT molecular complexity index is 1130. The second-order valence-electron chi connectivity index (χ2n) is 6.54. The van der Waals surface area contributed by atoms with Gasteiger partial charge >= 0.3 is 6.18 Å². The smallest absolute Gasteiger partial charge is 0.416 e. The minimum Gasteiger partial charge on any atom is -0.465 e. The standard InChI is InChI=1S/C18H20F3N3O3S/c1-5-24-15-9-13(18(19,20)21)6-7-14(15)22-17(24)11(3)23-28(25,26)16-8-10(2)27-12(16)4/h6-9,11,23H,5H2,1-4H3. The normalized spacial score (nSPS) is 14.0. The Morgan fingerprint density at radius 3 is 2.46 bits per heavy atom. The van der Waals surface area contributed by atoms with Crippen LogP contribution in [-0.4, -0.2) is 18.0 Å². The summed E-state index contributed by atoms with van der Waals surface area (Å²) in [5.74, 6) is 1.06. The van der Waals surface area contributed by atoms with Gasteiger partial charge in [-0.1, -0.05) is 0 Å². The van der Waals surface area contributed by atoms with E-state index in [1.54, 1.807) is 32.3 Å². The average Bonchev–Trinajstić information content (AvgIpc) is 3.12. The molecule has 3 aromatic rings. The van der Waals surface area contributed by atoms with Crippen LogP contribution in [0.4, 0.5) is 13.2 Å². The van der Waals surface area contributed by atoms with E-state index in [0.29, 0.717) is 29.2 Å². The highest BCUT2D eigenvalue weighted by atomic mass is 32.2. The Morgan fingerprint density at radius 1 is 1.25 bits per heavy atom. The zero-order valence-electron chi connectivity index (χ0n) is 15.8. The van der Waals surface area contributed by atoms with Crippen molar-refractivity contribution < 1.29 is 26.0 Å². The van der Waals surface area contributed by atoms with Crippen LogP contribution in [0.25, 0.3) is 11.0 Å². The van der Waals surface area contributed by atoms with Crippen LogP contribution in [0.2, 0.25) is 0 Å². The number of rotatable bonds is 5. The predicted molar refractivity (Wildman–Crippen MR) is 97.3 cm³/mol. The summed E-state index contributed by atoms with van der Waals surface area (Å²) in [7, 11) is -3.89. The molecule has 3 rings (SSSR count). The average molecular weight is 415 g/mol. The van der Waals surface area contributed by atoms with E-state index in [2.05, 4.69) is 9.71 Å². The molecule has 152 valence electrons. The fourth-order valence-electron chi connectivity index (χ4n) is 3.20.